The maximum Gasteiger partial charge on any atom is 0.416 e. The van der Waals surface area contributed by atoms with Gasteiger partial charge in [-0.3, -0.25) is 4.79 Å². The average Bonchev–Trinajstić information content (AvgIpc) is 2.15. The Morgan fingerprint density at radius 2 is 2.00 bits per heavy atom. The molecule has 1 N–H and O–H groups in total. The first-order valence-corrected chi connectivity index (χ1v) is 4.97. The highest BCUT2D eigenvalue weighted by atomic mass is 79.9. The molecule has 0 aliphatic heterocycles. The number of Topliss-reactive ketones (excluding diaryl/α,β-unsaturated/α-hetero) is 1. The van der Waals surface area contributed by atoms with E-state index in [9.17, 15) is 23.1 Å². The number of alkyl halides is 4. The van der Waals surface area contributed by atoms with Gasteiger partial charge >= 0.3 is 6.18 Å². The summed E-state index contributed by atoms with van der Waals surface area (Å²) in [7, 11) is 0. The normalized spacial score (nSPS) is 11.5. The summed E-state index contributed by atoms with van der Waals surface area (Å²) in [6.45, 7) is 0. The fourth-order valence-corrected chi connectivity index (χ4v) is 1.32. The number of hydrogen-bond acceptors (Lipinski definition) is 2. The van der Waals surface area contributed by atoms with Crippen LogP contribution in [0.5, 0.6) is 5.75 Å². The van der Waals surface area contributed by atoms with E-state index in [0.717, 1.165) is 12.1 Å². The summed E-state index contributed by atoms with van der Waals surface area (Å²) >= 11 is 2.86. The van der Waals surface area contributed by atoms with Crippen molar-refractivity contribution >= 4 is 21.7 Å². The molecule has 82 valence electrons. The number of phenols is 1. The molecule has 0 bridgehead atoms. The van der Waals surface area contributed by atoms with Crippen LogP contribution >= 0.6 is 15.9 Å². The minimum atomic E-state index is -4.52. The van der Waals surface area contributed by atoms with Crippen molar-refractivity contribution in [3.63, 3.8) is 0 Å². The van der Waals surface area contributed by atoms with Crippen molar-refractivity contribution in [1.82, 2.24) is 0 Å². The van der Waals surface area contributed by atoms with Gasteiger partial charge in [0.2, 0.25) is 0 Å². The second kappa shape index (κ2) is 4.22. The maximum atomic E-state index is 12.2. The highest BCUT2D eigenvalue weighted by Crippen LogP contribution is 2.32. The Balaban J connectivity index is 3.15. The van der Waals surface area contributed by atoms with Crippen LogP contribution in [0.2, 0.25) is 0 Å². The van der Waals surface area contributed by atoms with Crippen LogP contribution in [-0.2, 0) is 6.18 Å². The van der Waals surface area contributed by atoms with Gasteiger partial charge < -0.3 is 5.11 Å². The monoisotopic (exact) mass is 282 g/mol. The van der Waals surface area contributed by atoms with Crippen LogP contribution in [0.1, 0.15) is 15.9 Å². The number of rotatable bonds is 2. The zero-order valence-corrected chi connectivity index (χ0v) is 8.89. The Hall–Kier alpha value is -1.04. The van der Waals surface area contributed by atoms with Crippen LogP contribution in [0, 0.1) is 0 Å². The molecule has 0 aliphatic carbocycles. The number of hydrogen-bond donors (Lipinski definition) is 1. The lowest BCUT2D eigenvalue weighted by atomic mass is 10.1. The molecule has 6 heteroatoms. The molecule has 0 saturated heterocycles. The lowest BCUT2D eigenvalue weighted by Crippen LogP contribution is -2.07. The van der Waals surface area contributed by atoms with Gasteiger partial charge in [-0.25, -0.2) is 0 Å². The van der Waals surface area contributed by atoms with Crippen LogP contribution in [0.15, 0.2) is 18.2 Å². The topological polar surface area (TPSA) is 37.3 Å². The van der Waals surface area contributed by atoms with E-state index in [-0.39, 0.29) is 10.9 Å². The molecule has 0 unspecified atom stereocenters. The van der Waals surface area contributed by atoms with Crippen molar-refractivity contribution < 1.29 is 23.1 Å². The molecule has 1 rings (SSSR count). The highest BCUT2D eigenvalue weighted by molar-refractivity contribution is 9.09. The molecule has 0 fully saturated rings. The summed E-state index contributed by atoms with van der Waals surface area (Å²) in [4.78, 5) is 11.1. The van der Waals surface area contributed by atoms with Crippen LogP contribution in [-0.4, -0.2) is 16.2 Å². The largest absolute Gasteiger partial charge is 0.507 e. The van der Waals surface area contributed by atoms with E-state index in [0.29, 0.717) is 6.07 Å². The first-order valence-electron chi connectivity index (χ1n) is 3.85. The summed E-state index contributed by atoms with van der Waals surface area (Å²) in [5.41, 5.74) is -1.11. The van der Waals surface area contributed by atoms with Gasteiger partial charge in [0.15, 0.2) is 5.78 Å². The van der Waals surface area contributed by atoms with E-state index in [1.54, 1.807) is 0 Å². The lowest BCUT2D eigenvalue weighted by Gasteiger charge is -2.08. The number of phenolic OH excluding ortho intramolecular Hbond substituents is 1. The van der Waals surface area contributed by atoms with Crippen molar-refractivity contribution in [1.29, 1.82) is 0 Å². The van der Waals surface area contributed by atoms with Gasteiger partial charge in [0, 0.05) is 0 Å². The number of halogens is 4. The second-order valence-electron chi connectivity index (χ2n) is 2.79. The molecule has 0 aromatic heterocycles. The summed E-state index contributed by atoms with van der Waals surface area (Å²) < 4.78 is 36.5. The summed E-state index contributed by atoms with van der Waals surface area (Å²) in [6.07, 6.45) is -4.52. The van der Waals surface area contributed by atoms with Crippen LogP contribution < -0.4 is 0 Å². The van der Waals surface area contributed by atoms with E-state index in [4.69, 9.17) is 0 Å². The molecular weight excluding hydrogens is 277 g/mol. The molecule has 0 aliphatic rings. The van der Waals surface area contributed by atoms with Crippen molar-refractivity contribution in [2.24, 2.45) is 0 Å². The molecular formula is C9H6BrF3O2. The molecule has 0 radical (unpaired) electrons. The van der Waals surface area contributed by atoms with Gasteiger partial charge in [0.05, 0.1) is 16.5 Å². The van der Waals surface area contributed by atoms with Gasteiger partial charge in [-0.15, -0.1) is 0 Å². The predicted molar refractivity (Wildman–Crippen MR) is 51.2 cm³/mol. The fourth-order valence-electron chi connectivity index (χ4n) is 1.02. The van der Waals surface area contributed by atoms with Crippen molar-refractivity contribution in [3.05, 3.63) is 29.3 Å². The SMILES string of the molecule is O=C(CBr)c1ccc(C(F)(F)F)cc1O. The van der Waals surface area contributed by atoms with Crippen molar-refractivity contribution in [2.45, 2.75) is 6.18 Å². The average molecular weight is 283 g/mol. The van der Waals surface area contributed by atoms with E-state index in [2.05, 4.69) is 15.9 Å². The second-order valence-corrected chi connectivity index (χ2v) is 3.35. The Labute approximate surface area is 91.8 Å². The Bertz CT molecular complexity index is 387. The molecule has 0 saturated carbocycles. The molecule has 0 amide bonds. The van der Waals surface area contributed by atoms with E-state index < -0.39 is 23.3 Å². The van der Waals surface area contributed by atoms with Gasteiger partial charge in [-0.2, -0.15) is 13.2 Å². The van der Waals surface area contributed by atoms with Crippen LogP contribution in [0.3, 0.4) is 0 Å². The minimum absolute atomic E-state index is 0.0497. The number of aromatic hydroxyl groups is 1. The third-order valence-electron chi connectivity index (χ3n) is 1.75. The van der Waals surface area contributed by atoms with Gasteiger partial charge in [-0.05, 0) is 18.2 Å². The number of carbonyl (C=O) groups excluding carboxylic acids is 1. The fraction of sp³-hybridized carbons (Fsp3) is 0.222. The third kappa shape index (κ3) is 2.71. The smallest absolute Gasteiger partial charge is 0.416 e. The first-order chi connectivity index (χ1) is 6.86. The number of benzene rings is 1. The summed E-state index contributed by atoms with van der Waals surface area (Å²) in [6, 6.07) is 2.26. The Morgan fingerprint density at radius 3 is 2.40 bits per heavy atom. The maximum absolute atomic E-state index is 12.2. The van der Waals surface area contributed by atoms with Crippen LogP contribution in [0.4, 0.5) is 13.2 Å². The standard InChI is InChI=1S/C9H6BrF3O2/c10-4-8(15)6-2-1-5(3-7(6)14)9(11,12)13/h1-3,14H,4H2. The van der Waals surface area contributed by atoms with Gasteiger partial charge in [0.25, 0.3) is 0 Å². The van der Waals surface area contributed by atoms with Gasteiger partial charge in [-0.1, -0.05) is 15.9 Å². The predicted octanol–water partition coefficient (Wildman–Crippen LogP) is 2.99. The highest BCUT2D eigenvalue weighted by Gasteiger charge is 2.31. The van der Waals surface area contributed by atoms with Crippen molar-refractivity contribution in [2.75, 3.05) is 5.33 Å². The molecule has 0 atom stereocenters. The Kier molecular flexibility index (Phi) is 3.38. The molecule has 0 heterocycles. The zero-order chi connectivity index (χ0) is 11.6. The van der Waals surface area contributed by atoms with E-state index in [1.165, 1.54) is 0 Å². The zero-order valence-electron chi connectivity index (χ0n) is 7.31. The Morgan fingerprint density at radius 1 is 1.40 bits per heavy atom. The summed E-state index contributed by atoms with van der Waals surface area (Å²) in [5, 5.41) is 9.16. The number of ketones is 1. The quantitative estimate of drug-likeness (QED) is 0.669. The molecule has 1 aromatic rings. The van der Waals surface area contributed by atoms with Crippen LogP contribution in [0.25, 0.3) is 0 Å². The third-order valence-corrected chi connectivity index (χ3v) is 2.26. The van der Waals surface area contributed by atoms with E-state index in [1.807, 2.05) is 0 Å². The van der Waals surface area contributed by atoms with Crippen molar-refractivity contribution in [3.8, 4) is 5.75 Å². The molecule has 1 aromatic carbocycles. The number of carbonyl (C=O) groups is 1. The summed E-state index contributed by atoms with van der Waals surface area (Å²) in [5.74, 6) is -1.13. The molecule has 0 spiro atoms. The molecule has 15 heavy (non-hydrogen) atoms. The minimum Gasteiger partial charge on any atom is -0.507 e. The van der Waals surface area contributed by atoms with Gasteiger partial charge in [0.1, 0.15) is 5.75 Å². The first kappa shape index (κ1) is 12.0. The molecule has 2 nitrogen and oxygen atoms in total. The lowest BCUT2D eigenvalue weighted by molar-refractivity contribution is -0.137. The van der Waals surface area contributed by atoms with E-state index >= 15 is 0 Å².